The number of aryl methyl sites for hydroxylation is 1. The van der Waals surface area contributed by atoms with Crippen molar-refractivity contribution < 1.29 is 4.79 Å². The van der Waals surface area contributed by atoms with Crippen LogP contribution in [0.2, 0.25) is 0 Å². The van der Waals surface area contributed by atoms with Crippen molar-refractivity contribution in [2.45, 2.75) is 56.8 Å². The first-order valence-corrected chi connectivity index (χ1v) is 10.7. The van der Waals surface area contributed by atoms with E-state index in [1.165, 1.54) is 49.1 Å². The van der Waals surface area contributed by atoms with Crippen LogP contribution in [0.25, 0.3) is 0 Å². The highest BCUT2D eigenvalue weighted by atomic mass is 32.1. The highest BCUT2D eigenvalue weighted by molar-refractivity contribution is 7.15. The van der Waals surface area contributed by atoms with Gasteiger partial charge in [-0.15, -0.1) is 10.2 Å². The molecule has 5 heteroatoms. The Morgan fingerprint density at radius 2 is 1.69 bits per heavy atom. The average molecular weight is 368 g/mol. The van der Waals surface area contributed by atoms with Crippen LogP contribution in [0.1, 0.15) is 55.5 Å². The Hall–Kier alpha value is -1.75. The van der Waals surface area contributed by atoms with Crippen LogP contribution < -0.4 is 5.32 Å². The molecule has 1 aromatic heterocycles. The summed E-state index contributed by atoms with van der Waals surface area (Å²) in [6, 6.07) is 10.1. The van der Waals surface area contributed by atoms with Gasteiger partial charge in [0, 0.05) is 11.8 Å². The number of anilines is 1. The van der Waals surface area contributed by atoms with Crippen molar-refractivity contribution in [2.24, 2.45) is 17.8 Å². The first kappa shape index (κ1) is 16.4. The van der Waals surface area contributed by atoms with E-state index >= 15 is 0 Å². The Labute approximate surface area is 158 Å². The largest absolute Gasteiger partial charge is 0.301 e. The van der Waals surface area contributed by atoms with Crippen molar-refractivity contribution in [3.63, 3.8) is 0 Å². The number of benzene rings is 1. The van der Waals surface area contributed by atoms with Crippen molar-refractivity contribution in [1.29, 1.82) is 0 Å². The van der Waals surface area contributed by atoms with Crippen LogP contribution in [-0.4, -0.2) is 16.1 Å². The second-order valence-corrected chi connectivity index (χ2v) is 9.62. The molecule has 1 N–H and O–H groups in total. The molecule has 26 heavy (non-hydrogen) atoms. The van der Waals surface area contributed by atoms with Crippen molar-refractivity contribution >= 4 is 22.4 Å². The SMILES string of the molecule is O=C(CCc1ccccc1)Nc1nnc(C23CC4CC(CC(C4)C2)C3)s1. The van der Waals surface area contributed by atoms with E-state index in [9.17, 15) is 4.79 Å². The third kappa shape index (κ3) is 3.07. The maximum atomic E-state index is 12.3. The van der Waals surface area contributed by atoms with Gasteiger partial charge >= 0.3 is 0 Å². The molecule has 4 bridgehead atoms. The van der Waals surface area contributed by atoms with E-state index in [0.717, 1.165) is 24.2 Å². The topological polar surface area (TPSA) is 54.9 Å². The van der Waals surface area contributed by atoms with Crippen LogP contribution in [0.4, 0.5) is 5.13 Å². The van der Waals surface area contributed by atoms with E-state index in [-0.39, 0.29) is 11.3 Å². The Kier molecular flexibility index (Phi) is 4.07. The average Bonchev–Trinajstić information content (AvgIpc) is 3.09. The summed E-state index contributed by atoms with van der Waals surface area (Å²) in [6.07, 6.45) is 9.40. The molecule has 0 atom stereocenters. The number of hydrogen-bond acceptors (Lipinski definition) is 4. The molecule has 4 saturated carbocycles. The van der Waals surface area contributed by atoms with Crippen LogP contribution >= 0.6 is 11.3 Å². The van der Waals surface area contributed by atoms with Gasteiger partial charge in [0.15, 0.2) is 0 Å². The molecule has 6 rings (SSSR count). The minimum atomic E-state index is 0.0297. The summed E-state index contributed by atoms with van der Waals surface area (Å²) in [7, 11) is 0. The lowest BCUT2D eigenvalue weighted by molar-refractivity contribution is -0.116. The van der Waals surface area contributed by atoms with Gasteiger partial charge in [-0.1, -0.05) is 41.7 Å². The molecule has 0 unspecified atom stereocenters. The van der Waals surface area contributed by atoms with Crippen LogP contribution in [-0.2, 0) is 16.6 Å². The molecule has 1 heterocycles. The van der Waals surface area contributed by atoms with Gasteiger partial charge in [0.1, 0.15) is 5.01 Å². The second-order valence-electron chi connectivity index (χ2n) is 8.64. The van der Waals surface area contributed by atoms with E-state index in [4.69, 9.17) is 0 Å². The van der Waals surface area contributed by atoms with E-state index < -0.39 is 0 Å². The number of hydrogen-bond donors (Lipinski definition) is 1. The Morgan fingerprint density at radius 3 is 2.35 bits per heavy atom. The number of carbonyl (C=O) groups is 1. The summed E-state index contributed by atoms with van der Waals surface area (Å²) in [6.45, 7) is 0. The molecule has 2 aromatic rings. The summed E-state index contributed by atoms with van der Waals surface area (Å²) < 4.78 is 0. The quantitative estimate of drug-likeness (QED) is 0.842. The van der Waals surface area contributed by atoms with Crippen LogP contribution in [0, 0.1) is 17.8 Å². The van der Waals surface area contributed by atoms with Crippen molar-refractivity contribution in [2.75, 3.05) is 5.32 Å². The number of nitrogens with zero attached hydrogens (tertiary/aromatic N) is 2. The zero-order chi connectivity index (χ0) is 17.6. The Morgan fingerprint density at radius 1 is 1.04 bits per heavy atom. The molecule has 136 valence electrons. The van der Waals surface area contributed by atoms with Crippen molar-refractivity contribution in [3.8, 4) is 0 Å². The number of amides is 1. The molecule has 1 aromatic carbocycles. The summed E-state index contributed by atoms with van der Waals surface area (Å²) in [5.74, 6) is 2.72. The molecule has 4 nitrogen and oxygen atoms in total. The minimum Gasteiger partial charge on any atom is -0.301 e. The molecule has 0 spiro atoms. The molecule has 4 fully saturated rings. The third-order valence-corrected chi connectivity index (χ3v) is 7.73. The smallest absolute Gasteiger partial charge is 0.226 e. The molecule has 0 aliphatic heterocycles. The molecule has 4 aliphatic carbocycles. The predicted molar refractivity (Wildman–Crippen MR) is 103 cm³/mol. The van der Waals surface area contributed by atoms with E-state index in [1.54, 1.807) is 11.3 Å². The number of nitrogens with one attached hydrogen (secondary N) is 1. The van der Waals surface area contributed by atoms with Gasteiger partial charge in [0.25, 0.3) is 0 Å². The standard InChI is InChI=1S/C21H25N3OS/c25-18(7-6-14-4-2-1-3-5-14)22-20-24-23-19(26-20)21-11-15-8-16(12-21)10-17(9-15)13-21/h1-5,15-17H,6-13H2,(H,22,24,25). The normalized spacial score (nSPS) is 31.9. The van der Waals surface area contributed by atoms with Crippen LogP contribution in [0.3, 0.4) is 0 Å². The van der Waals surface area contributed by atoms with Gasteiger partial charge in [-0.2, -0.15) is 0 Å². The zero-order valence-corrected chi connectivity index (χ0v) is 15.8. The van der Waals surface area contributed by atoms with Gasteiger partial charge in [0.05, 0.1) is 0 Å². The van der Waals surface area contributed by atoms with Gasteiger partial charge in [-0.05, 0) is 68.3 Å². The molecular weight excluding hydrogens is 342 g/mol. The van der Waals surface area contributed by atoms with Crippen LogP contribution in [0.15, 0.2) is 30.3 Å². The number of rotatable bonds is 5. The maximum Gasteiger partial charge on any atom is 0.226 e. The van der Waals surface area contributed by atoms with Gasteiger partial charge < -0.3 is 5.32 Å². The predicted octanol–water partition coefficient (Wildman–Crippen LogP) is 4.58. The Bertz CT molecular complexity index is 765. The van der Waals surface area contributed by atoms with Crippen molar-refractivity contribution in [3.05, 3.63) is 40.9 Å². The monoisotopic (exact) mass is 367 g/mol. The maximum absolute atomic E-state index is 12.3. The fourth-order valence-electron chi connectivity index (χ4n) is 5.94. The lowest BCUT2D eigenvalue weighted by atomic mass is 9.50. The van der Waals surface area contributed by atoms with E-state index in [2.05, 4.69) is 27.6 Å². The lowest BCUT2D eigenvalue weighted by Gasteiger charge is -2.55. The molecular formula is C21H25N3OS. The first-order chi connectivity index (χ1) is 12.7. The highest BCUT2D eigenvalue weighted by Gasteiger charge is 2.53. The first-order valence-electron chi connectivity index (χ1n) is 9.86. The second kappa shape index (κ2) is 6.45. The highest BCUT2D eigenvalue weighted by Crippen LogP contribution is 2.61. The minimum absolute atomic E-state index is 0.0297. The molecule has 4 aliphatic rings. The zero-order valence-electron chi connectivity index (χ0n) is 15.0. The fraction of sp³-hybridized carbons (Fsp3) is 0.571. The van der Waals surface area contributed by atoms with Crippen molar-refractivity contribution in [1.82, 2.24) is 10.2 Å². The van der Waals surface area contributed by atoms with Crippen LogP contribution in [0.5, 0.6) is 0 Å². The van der Waals surface area contributed by atoms with Gasteiger partial charge in [-0.3, -0.25) is 4.79 Å². The summed E-state index contributed by atoms with van der Waals surface area (Å²) in [4.78, 5) is 12.3. The Balaban J connectivity index is 1.24. The summed E-state index contributed by atoms with van der Waals surface area (Å²) in [5, 5.41) is 13.7. The molecule has 1 amide bonds. The lowest BCUT2D eigenvalue weighted by Crippen LogP contribution is -2.48. The number of carbonyl (C=O) groups excluding carboxylic acids is 1. The molecule has 0 radical (unpaired) electrons. The van der Waals surface area contributed by atoms with Gasteiger partial charge in [0.2, 0.25) is 11.0 Å². The van der Waals surface area contributed by atoms with E-state index in [0.29, 0.717) is 11.6 Å². The van der Waals surface area contributed by atoms with Gasteiger partial charge in [-0.25, -0.2) is 0 Å². The number of aromatic nitrogens is 2. The molecule has 0 saturated heterocycles. The van der Waals surface area contributed by atoms with E-state index in [1.807, 2.05) is 18.2 Å². The summed E-state index contributed by atoms with van der Waals surface area (Å²) in [5.41, 5.74) is 1.45. The summed E-state index contributed by atoms with van der Waals surface area (Å²) >= 11 is 1.62. The fourth-order valence-corrected chi connectivity index (χ4v) is 6.92. The third-order valence-electron chi connectivity index (χ3n) is 6.65.